The lowest BCUT2D eigenvalue weighted by Crippen LogP contribution is -2.54. The number of hydrogen-bond acceptors (Lipinski definition) is 3. The molecule has 0 aromatic heterocycles. The molecular formula is C15H32N4. The summed E-state index contributed by atoms with van der Waals surface area (Å²) in [6.07, 6.45) is 3.38. The predicted octanol–water partition coefficient (Wildman–Crippen LogP) is 2.14. The molecule has 3 N–H and O–H groups in total. The van der Waals surface area contributed by atoms with Crippen LogP contribution >= 0.6 is 0 Å². The molecule has 1 fully saturated rings. The molecule has 0 radical (unpaired) electrons. The topological polar surface area (TPSA) is 56.4 Å². The SMILES string of the molecule is CC1CN(CCCCC(C)(C)C(=N)N)CC(C)N1C. The van der Waals surface area contributed by atoms with Gasteiger partial charge in [0.2, 0.25) is 0 Å². The standard InChI is InChI=1S/C15H32N4/c1-12-10-19(11-13(2)18(12)5)9-7-6-8-15(3,4)14(16)17/h12-13H,6-11H2,1-5H3,(H3,16,17). The van der Waals surface area contributed by atoms with E-state index < -0.39 is 0 Å². The Hall–Kier alpha value is -0.610. The highest BCUT2D eigenvalue weighted by molar-refractivity contribution is 5.82. The number of piperazine rings is 1. The van der Waals surface area contributed by atoms with Gasteiger partial charge in [-0.3, -0.25) is 10.3 Å². The quantitative estimate of drug-likeness (QED) is 0.441. The number of hydrogen-bond donors (Lipinski definition) is 2. The van der Waals surface area contributed by atoms with Crippen LogP contribution in [0.1, 0.15) is 47.0 Å². The minimum Gasteiger partial charge on any atom is -0.387 e. The van der Waals surface area contributed by atoms with E-state index in [4.69, 9.17) is 11.1 Å². The molecule has 2 atom stereocenters. The van der Waals surface area contributed by atoms with Gasteiger partial charge in [0, 0.05) is 30.6 Å². The zero-order chi connectivity index (χ0) is 14.6. The fourth-order valence-corrected chi connectivity index (χ4v) is 2.73. The van der Waals surface area contributed by atoms with Crippen molar-refractivity contribution in [2.24, 2.45) is 11.1 Å². The summed E-state index contributed by atoms with van der Waals surface area (Å²) in [5.41, 5.74) is 5.48. The Bertz CT molecular complexity index is 289. The van der Waals surface area contributed by atoms with E-state index in [1.54, 1.807) is 0 Å². The highest BCUT2D eigenvalue weighted by atomic mass is 15.3. The van der Waals surface area contributed by atoms with E-state index in [1.807, 2.05) is 0 Å². The Labute approximate surface area is 118 Å². The maximum Gasteiger partial charge on any atom is 0.0963 e. The summed E-state index contributed by atoms with van der Waals surface area (Å²) in [5, 5.41) is 7.57. The maximum absolute atomic E-state index is 7.57. The van der Waals surface area contributed by atoms with Gasteiger partial charge >= 0.3 is 0 Å². The molecular weight excluding hydrogens is 236 g/mol. The van der Waals surface area contributed by atoms with E-state index in [9.17, 15) is 0 Å². The van der Waals surface area contributed by atoms with Crippen LogP contribution in [0.5, 0.6) is 0 Å². The number of rotatable bonds is 6. The van der Waals surface area contributed by atoms with Crippen molar-refractivity contribution >= 4 is 5.84 Å². The maximum atomic E-state index is 7.57. The number of nitrogens with zero attached hydrogens (tertiary/aromatic N) is 2. The highest BCUT2D eigenvalue weighted by Crippen LogP contribution is 2.23. The Balaban J connectivity index is 2.25. The molecule has 4 nitrogen and oxygen atoms in total. The number of amidine groups is 1. The van der Waals surface area contributed by atoms with E-state index >= 15 is 0 Å². The van der Waals surface area contributed by atoms with Gasteiger partial charge in [-0.25, -0.2) is 0 Å². The normalized spacial score (nSPS) is 26.6. The molecule has 0 spiro atoms. The van der Waals surface area contributed by atoms with Crippen LogP contribution in [0.25, 0.3) is 0 Å². The first kappa shape index (κ1) is 16.4. The van der Waals surface area contributed by atoms with Crippen LogP contribution in [0.15, 0.2) is 0 Å². The van der Waals surface area contributed by atoms with Gasteiger partial charge in [0.05, 0.1) is 5.84 Å². The first-order valence-electron chi connectivity index (χ1n) is 7.53. The van der Waals surface area contributed by atoms with E-state index in [0.717, 1.165) is 12.8 Å². The third kappa shape index (κ3) is 4.77. The van der Waals surface area contributed by atoms with Crippen LogP contribution in [0.2, 0.25) is 0 Å². The van der Waals surface area contributed by atoms with Gasteiger partial charge in [0.1, 0.15) is 0 Å². The number of nitrogens with one attached hydrogen (secondary N) is 1. The lowest BCUT2D eigenvalue weighted by atomic mass is 9.86. The number of unbranched alkanes of at least 4 members (excludes halogenated alkanes) is 1. The average molecular weight is 268 g/mol. The highest BCUT2D eigenvalue weighted by Gasteiger charge is 2.26. The van der Waals surface area contributed by atoms with Crippen molar-refractivity contribution in [3.8, 4) is 0 Å². The summed E-state index contributed by atoms with van der Waals surface area (Å²) in [4.78, 5) is 5.05. The number of likely N-dealkylation sites (N-methyl/N-ethyl adjacent to an activating group) is 1. The first-order chi connectivity index (χ1) is 8.74. The van der Waals surface area contributed by atoms with Crippen molar-refractivity contribution in [1.29, 1.82) is 5.41 Å². The van der Waals surface area contributed by atoms with Gasteiger partial charge in [0.25, 0.3) is 0 Å². The van der Waals surface area contributed by atoms with Gasteiger partial charge in [-0.1, -0.05) is 20.3 Å². The Morgan fingerprint density at radius 1 is 1.21 bits per heavy atom. The zero-order valence-electron chi connectivity index (χ0n) is 13.4. The van der Waals surface area contributed by atoms with E-state index in [0.29, 0.717) is 17.9 Å². The Morgan fingerprint density at radius 3 is 2.21 bits per heavy atom. The fourth-order valence-electron chi connectivity index (χ4n) is 2.73. The van der Waals surface area contributed by atoms with Crippen molar-refractivity contribution in [3.63, 3.8) is 0 Å². The first-order valence-corrected chi connectivity index (χ1v) is 7.53. The van der Waals surface area contributed by atoms with Crippen LogP contribution in [0, 0.1) is 10.8 Å². The molecule has 19 heavy (non-hydrogen) atoms. The predicted molar refractivity (Wildman–Crippen MR) is 82.7 cm³/mol. The smallest absolute Gasteiger partial charge is 0.0963 e. The van der Waals surface area contributed by atoms with Gasteiger partial charge < -0.3 is 10.6 Å². The molecule has 2 unspecified atom stereocenters. The van der Waals surface area contributed by atoms with Crippen molar-refractivity contribution in [2.45, 2.75) is 59.0 Å². The molecule has 0 saturated carbocycles. The molecule has 0 aromatic carbocycles. The van der Waals surface area contributed by atoms with E-state index in [2.05, 4.69) is 44.5 Å². The Morgan fingerprint density at radius 2 is 1.74 bits per heavy atom. The monoisotopic (exact) mass is 268 g/mol. The van der Waals surface area contributed by atoms with Gasteiger partial charge in [-0.2, -0.15) is 0 Å². The Kier molecular flexibility index (Phi) is 5.81. The van der Waals surface area contributed by atoms with E-state index in [-0.39, 0.29) is 5.41 Å². The van der Waals surface area contributed by atoms with Crippen LogP contribution in [0.4, 0.5) is 0 Å². The van der Waals surface area contributed by atoms with Crippen molar-refractivity contribution in [3.05, 3.63) is 0 Å². The summed E-state index contributed by atoms with van der Waals surface area (Å²) >= 11 is 0. The van der Waals surface area contributed by atoms with Gasteiger partial charge in [-0.05, 0) is 40.3 Å². The second-order valence-electron chi connectivity index (χ2n) is 6.88. The summed E-state index contributed by atoms with van der Waals surface area (Å²) in [6.45, 7) is 12.3. The lowest BCUT2D eigenvalue weighted by molar-refractivity contribution is 0.0588. The number of nitrogens with two attached hydrogens (primary N) is 1. The second-order valence-corrected chi connectivity index (χ2v) is 6.88. The van der Waals surface area contributed by atoms with Gasteiger partial charge in [0.15, 0.2) is 0 Å². The molecule has 1 saturated heterocycles. The molecule has 0 bridgehead atoms. The van der Waals surface area contributed by atoms with Crippen molar-refractivity contribution < 1.29 is 0 Å². The van der Waals surface area contributed by atoms with Crippen LogP contribution in [-0.4, -0.2) is 54.4 Å². The molecule has 1 rings (SSSR count). The summed E-state index contributed by atoms with van der Waals surface area (Å²) in [5.74, 6) is 0.314. The third-order valence-electron chi connectivity index (χ3n) is 4.69. The molecule has 1 heterocycles. The summed E-state index contributed by atoms with van der Waals surface area (Å²) in [6, 6.07) is 1.30. The average Bonchev–Trinajstić information content (AvgIpc) is 2.31. The molecule has 112 valence electrons. The van der Waals surface area contributed by atoms with E-state index in [1.165, 1.54) is 26.1 Å². The third-order valence-corrected chi connectivity index (χ3v) is 4.69. The molecule has 1 aliphatic heterocycles. The molecule has 0 aliphatic carbocycles. The second kappa shape index (κ2) is 6.71. The van der Waals surface area contributed by atoms with Gasteiger partial charge in [-0.15, -0.1) is 0 Å². The molecule has 4 heteroatoms. The van der Waals surface area contributed by atoms with Crippen molar-refractivity contribution in [2.75, 3.05) is 26.7 Å². The summed E-state index contributed by atoms with van der Waals surface area (Å²) in [7, 11) is 2.22. The van der Waals surface area contributed by atoms with Crippen LogP contribution in [-0.2, 0) is 0 Å². The minimum atomic E-state index is -0.136. The lowest BCUT2D eigenvalue weighted by Gasteiger charge is -2.42. The molecule has 0 aromatic rings. The summed E-state index contributed by atoms with van der Waals surface area (Å²) < 4.78 is 0. The molecule has 0 amide bonds. The van der Waals surface area contributed by atoms with Crippen molar-refractivity contribution in [1.82, 2.24) is 9.80 Å². The fraction of sp³-hybridized carbons (Fsp3) is 0.933. The zero-order valence-corrected chi connectivity index (χ0v) is 13.4. The largest absolute Gasteiger partial charge is 0.387 e. The minimum absolute atomic E-state index is 0.136. The molecule has 1 aliphatic rings. The van der Waals surface area contributed by atoms with Crippen LogP contribution < -0.4 is 5.73 Å². The van der Waals surface area contributed by atoms with Crippen LogP contribution in [0.3, 0.4) is 0 Å².